The molecule has 0 aliphatic rings. The monoisotopic (exact) mass is 203 g/mol. The van der Waals surface area contributed by atoms with Crippen molar-refractivity contribution in [1.82, 2.24) is 5.32 Å². The highest BCUT2D eigenvalue weighted by molar-refractivity contribution is 5.67. The summed E-state index contributed by atoms with van der Waals surface area (Å²) in [5.74, 6) is -0.963. The lowest BCUT2D eigenvalue weighted by Gasteiger charge is -2.18. The summed E-state index contributed by atoms with van der Waals surface area (Å²) >= 11 is 0. The number of hydrogen-bond donors (Lipinski definition) is 3. The molecule has 0 fully saturated rings. The summed E-state index contributed by atoms with van der Waals surface area (Å²) < 4.78 is 0. The molecular formula is C10H21NO3. The molecular weight excluding hydrogens is 182 g/mol. The van der Waals surface area contributed by atoms with Crippen LogP contribution in [0.25, 0.3) is 0 Å². The van der Waals surface area contributed by atoms with Crippen LogP contribution in [0.1, 0.15) is 33.6 Å². The number of carboxylic acids is 1. The normalized spacial score (nSPS) is 14.0. The van der Waals surface area contributed by atoms with Gasteiger partial charge in [-0.05, 0) is 18.4 Å². The first-order chi connectivity index (χ1) is 6.31. The lowest BCUT2D eigenvalue weighted by atomic mass is 9.92. The van der Waals surface area contributed by atoms with E-state index in [1.807, 2.05) is 0 Å². The first kappa shape index (κ1) is 13.4. The minimum Gasteiger partial charge on any atom is -0.481 e. The van der Waals surface area contributed by atoms with Gasteiger partial charge in [0.05, 0.1) is 12.5 Å². The van der Waals surface area contributed by atoms with Crippen molar-refractivity contribution < 1.29 is 15.0 Å². The molecule has 0 saturated heterocycles. The highest BCUT2D eigenvalue weighted by Gasteiger charge is 2.11. The third-order valence-corrected chi connectivity index (χ3v) is 1.84. The van der Waals surface area contributed by atoms with Crippen LogP contribution >= 0.6 is 0 Å². The number of hydrogen-bond acceptors (Lipinski definition) is 3. The molecule has 0 aromatic carbocycles. The van der Waals surface area contributed by atoms with E-state index < -0.39 is 12.1 Å². The summed E-state index contributed by atoms with van der Waals surface area (Å²) in [6.07, 6.45) is 0.0300. The predicted molar refractivity (Wildman–Crippen MR) is 55.2 cm³/mol. The zero-order valence-electron chi connectivity index (χ0n) is 9.21. The standard InChI is InChI=1S/C10H21NO3/c1-10(2,3)4-5-11-7-8(12)6-9(13)14/h8,11-12H,4-7H2,1-3H3,(H,13,14). The summed E-state index contributed by atoms with van der Waals surface area (Å²) in [5.41, 5.74) is 0.269. The molecule has 0 rings (SSSR count). The Hall–Kier alpha value is -0.610. The maximum absolute atomic E-state index is 10.2. The molecule has 0 saturated carbocycles. The molecule has 1 atom stereocenters. The first-order valence-electron chi connectivity index (χ1n) is 4.92. The molecule has 0 heterocycles. The van der Waals surface area contributed by atoms with Gasteiger partial charge in [0.2, 0.25) is 0 Å². The summed E-state index contributed by atoms with van der Waals surface area (Å²) in [4.78, 5) is 10.2. The van der Waals surface area contributed by atoms with E-state index in [1.165, 1.54) is 0 Å². The van der Waals surface area contributed by atoms with Crippen LogP contribution < -0.4 is 5.32 Å². The lowest BCUT2D eigenvalue weighted by Crippen LogP contribution is -2.30. The predicted octanol–water partition coefficient (Wildman–Crippen LogP) is 0.848. The molecule has 0 aromatic heterocycles. The Balaban J connectivity index is 3.41. The van der Waals surface area contributed by atoms with Gasteiger partial charge in [0.15, 0.2) is 0 Å². The van der Waals surface area contributed by atoms with E-state index in [2.05, 4.69) is 26.1 Å². The van der Waals surface area contributed by atoms with Crippen LogP contribution in [-0.4, -0.2) is 35.4 Å². The fourth-order valence-corrected chi connectivity index (χ4v) is 1.01. The number of aliphatic hydroxyl groups is 1. The van der Waals surface area contributed by atoms with Crippen LogP contribution in [0.3, 0.4) is 0 Å². The fraction of sp³-hybridized carbons (Fsp3) is 0.900. The second kappa shape index (κ2) is 5.98. The second-order valence-electron chi connectivity index (χ2n) is 4.77. The number of rotatable bonds is 6. The van der Waals surface area contributed by atoms with Gasteiger partial charge in [0, 0.05) is 6.54 Å². The average molecular weight is 203 g/mol. The zero-order chi connectivity index (χ0) is 11.2. The van der Waals surface area contributed by atoms with Crippen LogP contribution in [0.5, 0.6) is 0 Å². The van der Waals surface area contributed by atoms with Crippen molar-refractivity contribution in [2.75, 3.05) is 13.1 Å². The molecule has 0 aromatic rings. The van der Waals surface area contributed by atoms with Crippen molar-refractivity contribution in [3.63, 3.8) is 0 Å². The Morgan fingerprint density at radius 2 is 2.00 bits per heavy atom. The Morgan fingerprint density at radius 1 is 1.43 bits per heavy atom. The molecule has 4 nitrogen and oxygen atoms in total. The molecule has 0 amide bonds. The number of carboxylic acid groups (broad SMARTS) is 1. The molecule has 3 N–H and O–H groups in total. The van der Waals surface area contributed by atoms with Crippen molar-refractivity contribution in [3.05, 3.63) is 0 Å². The largest absolute Gasteiger partial charge is 0.481 e. The van der Waals surface area contributed by atoms with Crippen molar-refractivity contribution in [1.29, 1.82) is 0 Å². The summed E-state index contributed by atoms with van der Waals surface area (Å²) in [6, 6.07) is 0. The molecule has 84 valence electrons. The van der Waals surface area contributed by atoms with E-state index >= 15 is 0 Å². The number of aliphatic carboxylic acids is 1. The Kier molecular flexibility index (Phi) is 5.72. The van der Waals surface area contributed by atoms with E-state index in [-0.39, 0.29) is 11.8 Å². The minimum absolute atomic E-state index is 0.192. The highest BCUT2D eigenvalue weighted by atomic mass is 16.4. The minimum atomic E-state index is -0.963. The van der Waals surface area contributed by atoms with Crippen LogP contribution in [0.2, 0.25) is 0 Å². The van der Waals surface area contributed by atoms with Crippen LogP contribution in [0.15, 0.2) is 0 Å². The molecule has 0 aliphatic carbocycles. The van der Waals surface area contributed by atoms with Crippen molar-refractivity contribution in [2.24, 2.45) is 5.41 Å². The third-order valence-electron chi connectivity index (χ3n) is 1.84. The Morgan fingerprint density at radius 3 is 2.43 bits per heavy atom. The van der Waals surface area contributed by atoms with Gasteiger partial charge in [-0.1, -0.05) is 20.8 Å². The molecule has 0 bridgehead atoms. The molecule has 0 radical (unpaired) electrons. The van der Waals surface area contributed by atoms with Gasteiger partial charge < -0.3 is 15.5 Å². The molecule has 1 unspecified atom stereocenters. The summed E-state index contributed by atoms with van der Waals surface area (Å²) in [5, 5.41) is 20.6. The third kappa shape index (κ3) is 9.48. The van der Waals surface area contributed by atoms with Gasteiger partial charge in [0.1, 0.15) is 0 Å². The Labute approximate surface area is 85.3 Å². The van der Waals surface area contributed by atoms with Gasteiger partial charge >= 0.3 is 5.97 Å². The quantitative estimate of drug-likeness (QED) is 0.560. The van der Waals surface area contributed by atoms with E-state index in [0.29, 0.717) is 6.54 Å². The maximum Gasteiger partial charge on any atom is 0.306 e. The first-order valence-corrected chi connectivity index (χ1v) is 4.92. The van der Waals surface area contributed by atoms with Crippen LogP contribution in [0.4, 0.5) is 0 Å². The summed E-state index contributed by atoms with van der Waals surface area (Å²) in [7, 11) is 0. The summed E-state index contributed by atoms with van der Waals surface area (Å²) in [6.45, 7) is 7.58. The van der Waals surface area contributed by atoms with E-state index in [4.69, 9.17) is 5.11 Å². The van der Waals surface area contributed by atoms with E-state index in [9.17, 15) is 9.90 Å². The number of carbonyl (C=O) groups is 1. The van der Waals surface area contributed by atoms with E-state index in [0.717, 1.165) is 13.0 Å². The smallest absolute Gasteiger partial charge is 0.306 e. The average Bonchev–Trinajstić information content (AvgIpc) is 1.95. The fourth-order valence-electron chi connectivity index (χ4n) is 1.01. The second-order valence-corrected chi connectivity index (χ2v) is 4.77. The van der Waals surface area contributed by atoms with Crippen molar-refractivity contribution >= 4 is 5.97 Å². The number of aliphatic hydroxyl groups excluding tert-OH is 1. The topological polar surface area (TPSA) is 69.6 Å². The van der Waals surface area contributed by atoms with Crippen LogP contribution in [-0.2, 0) is 4.79 Å². The van der Waals surface area contributed by atoms with Gasteiger partial charge in [-0.15, -0.1) is 0 Å². The van der Waals surface area contributed by atoms with Gasteiger partial charge in [0.25, 0.3) is 0 Å². The van der Waals surface area contributed by atoms with Gasteiger partial charge in [-0.25, -0.2) is 0 Å². The molecule has 14 heavy (non-hydrogen) atoms. The lowest BCUT2D eigenvalue weighted by molar-refractivity contribution is -0.139. The molecule has 0 spiro atoms. The van der Waals surface area contributed by atoms with Crippen LogP contribution in [0, 0.1) is 5.41 Å². The molecule has 4 heteroatoms. The van der Waals surface area contributed by atoms with Crippen molar-refractivity contribution in [2.45, 2.75) is 39.7 Å². The van der Waals surface area contributed by atoms with Gasteiger partial charge in [-0.2, -0.15) is 0 Å². The van der Waals surface area contributed by atoms with Gasteiger partial charge in [-0.3, -0.25) is 4.79 Å². The van der Waals surface area contributed by atoms with E-state index in [1.54, 1.807) is 0 Å². The zero-order valence-corrected chi connectivity index (χ0v) is 9.21. The molecule has 0 aliphatic heterocycles. The number of nitrogens with one attached hydrogen (secondary N) is 1. The Bertz CT molecular complexity index is 175. The maximum atomic E-state index is 10.2. The SMILES string of the molecule is CC(C)(C)CCNCC(O)CC(=O)O. The highest BCUT2D eigenvalue weighted by Crippen LogP contribution is 2.16. The van der Waals surface area contributed by atoms with Crippen molar-refractivity contribution in [3.8, 4) is 0 Å².